The molecule has 2 aliphatic carbocycles. The summed E-state index contributed by atoms with van der Waals surface area (Å²) < 4.78 is 0. The van der Waals surface area contributed by atoms with E-state index in [4.69, 9.17) is 0 Å². The predicted molar refractivity (Wildman–Crippen MR) is 143 cm³/mol. The zero-order valence-corrected chi connectivity index (χ0v) is 23.1. The van der Waals surface area contributed by atoms with Gasteiger partial charge in [0.25, 0.3) is 0 Å². The first-order valence-electron chi connectivity index (χ1n) is 14.4. The molecule has 6 nitrogen and oxygen atoms in total. The van der Waals surface area contributed by atoms with Gasteiger partial charge in [0.05, 0.1) is 23.0 Å². The van der Waals surface area contributed by atoms with Crippen LogP contribution in [0.4, 0.5) is 0 Å². The van der Waals surface area contributed by atoms with Gasteiger partial charge in [0.1, 0.15) is 0 Å². The molecule has 0 aromatic heterocycles. The van der Waals surface area contributed by atoms with Crippen LogP contribution in [-0.4, -0.2) is 44.6 Å². The SMILES string of the molecule is CC(C)(CCCCC1CCCC(/C=C\C2CCCC(CCCCC(C)(C)C(=O)O)C2O)C1O)C(=O)O. The Hall–Kier alpha value is -1.40. The van der Waals surface area contributed by atoms with E-state index in [2.05, 4.69) is 12.2 Å². The molecule has 0 bridgehead atoms. The molecule has 2 fully saturated rings. The van der Waals surface area contributed by atoms with E-state index in [-0.39, 0.29) is 35.9 Å². The Morgan fingerprint density at radius 2 is 1.03 bits per heavy atom. The van der Waals surface area contributed by atoms with Crippen molar-refractivity contribution in [2.45, 2.75) is 130 Å². The molecule has 6 atom stereocenters. The highest BCUT2D eigenvalue weighted by Gasteiger charge is 2.33. The maximum absolute atomic E-state index is 11.3. The molecule has 2 rings (SSSR count). The lowest BCUT2D eigenvalue weighted by atomic mass is 9.73. The van der Waals surface area contributed by atoms with Gasteiger partial charge in [-0.1, -0.05) is 50.7 Å². The maximum Gasteiger partial charge on any atom is 0.309 e. The number of carboxylic acid groups (broad SMARTS) is 2. The summed E-state index contributed by atoms with van der Waals surface area (Å²) in [5, 5.41) is 40.6. The van der Waals surface area contributed by atoms with Crippen molar-refractivity contribution >= 4 is 11.9 Å². The topological polar surface area (TPSA) is 115 Å². The lowest BCUT2D eigenvalue weighted by molar-refractivity contribution is -0.148. The number of aliphatic carboxylic acids is 2. The van der Waals surface area contributed by atoms with E-state index in [1.54, 1.807) is 27.7 Å². The number of hydrogen-bond donors (Lipinski definition) is 4. The largest absolute Gasteiger partial charge is 0.481 e. The highest BCUT2D eigenvalue weighted by Crippen LogP contribution is 2.37. The summed E-state index contributed by atoms with van der Waals surface area (Å²) in [5.74, 6) is -0.713. The molecule has 6 heteroatoms. The summed E-state index contributed by atoms with van der Waals surface area (Å²) in [6, 6.07) is 0. The van der Waals surface area contributed by atoms with Crippen LogP contribution in [-0.2, 0) is 9.59 Å². The molecule has 0 amide bonds. The second kappa shape index (κ2) is 13.9. The fourth-order valence-electron chi connectivity index (χ4n) is 6.11. The van der Waals surface area contributed by atoms with Crippen molar-refractivity contribution in [3.63, 3.8) is 0 Å². The molecule has 0 aromatic carbocycles. The molecule has 0 radical (unpaired) electrons. The highest BCUT2D eigenvalue weighted by molar-refractivity contribution is 5.73. The third kappa shape index (κ3) is 9.16. The third-order valence-corrected chi connectivity index (χ3v) is 9.08. The Morgan fingerprint density at radius 1 is 0.667 bits per heavy atom. The van der Waals surface area contributed by atoms with Crippen LogP contribution in [0.15, 0.2) is 12.2 Å². The number of carbonyl (C=O) groups is 2. The minimum absolute atomic E-state index is 0.130. The highest BCUT2D eigenvalue weighted by atomic mass is 16.4. The summed E-state index contributed by atoms with van der Waals surface area (Å²) >= 11 is 0. The van der Waals surface area contributed by atoms with Crippen molar-refractivity contribution in [1.29, 1.82) is 0 Å². The third-order valence-electron chi connectivity index (χ3n) is 9.08. The van der Waals surface area contributed by atoms with Crippen LogP contribution in [0.2, 0.25) is 0 Å². The fourth-order valence-corrected chi connectivity index (χ4v) is 6.11. The van der Waals surface area contributed by atoms with Crippen LogP contribution in [0.5, 0.6) is 0 Å². The number of hydrogen-bond acceptors (Lipinski definition) is 4. The fraction of sp³-hybridized carbons (Fsp3) is 0.867. The molecule has 0 heterocycles. The van der Waals surface area contributed by atoms with E-state index in [9.17, 15) is 30.0 Å². The Labute approximate surface area is 218 Å². The Morgan fingerprint density at radius 3 is 1.36 bits per heavy atom. The van der Waals surface area contributed by atoms with Crippen molar-refractivity contribution in [3.8, 4) is 0 Å². The molecule has 208 valence electrons. The van der Waals surface area contributed by atoms with Crippen LogP contribution in [0, 0.1) is 34.5 Å². The molecule has 2 saturated carbocycles. The second-order valence-electron chi connectivity index (χ2n) is 12.9. The van der Waals surface area contributed by atoms with Crippen LogP contribution >= 0.6 is 0 Å². The van der Waals surface area contributed by atoms with Crippen molar-refractivity contribution in [2.24, 2.45) is 34.5 Å². The van der Waals surface area contributed by atoms with E-state index in [0.717, 1.165) is 77.0 Å². The van der Waals surface area contributed by atoms with Gasteiger partial charge < -0.3 is 20.4 Å². The minimum atomic E-state index is -0.750. The van der Waals surface area contributed by atoms with E-state index in [1.807, 2.05) is 0 Å². The van der Waals surface area contributed by atoms with Gasteiger partial charge in [-0.3, -0.25) is 9.59 Å². The Kier molecular flexibility index (Phi) is 11.9. The molecule has 0 aromatic rings. The summed E-state index contributed by atoms with van der Waals surface area (Å²) in [6.45, 7) is 7.10. The minimum Gasteiger partial charge on any atom is -0.481 e. The first kappa shape index (κ1) is 30.8. The zero-order valence-electron chi connectivity index (χ0n) is 23.1. The first-order valence-corrected chi connectivity index (χ1v) is 14.4. The van der Waals surface area contributed by atoms with Crippen molar-refractivity contribution in [2.75, 3.05) is 0 Å². The summed E-state index contributed by atoms with van der Waals surface area (Å²) in [5.41, 5.74) is -1.38. The molecule has 0 saturated heterocycles. The molecule has 36 heavy (non-hydrogen) atoms. The van der Waals surface area contributed by atoms with Crippen LogP contribution in [0.25, 0.3) is 0 Å². The van der Waals surface area contributed by atoms with E-state index in [1.165, 1.54) is 0 Å². The first-order chi connectivity index (χ1) is 16.8. The van der Waals surface area contributed by atoms with Gasteiger partial charge >= 0.3 is 11.9 Å². The number of aliphatic hydroxyl groups is 2. The van der Waals surface area contributed by atoms with Crippen molar-refractivity contribution in [3.05, 3.63) is 12.2 Å². The smallest absolute Gasteiger partial charge is 0.309 e. The summed E-state index contributed by atoms with van der Waals surface area (Å²) in [7, 11) is 0. The Bertz CT molecular complexity index is 667. The molecule has 0 spiro atoms. The normalized spacial score (nSPS) is 29.9. The van der Waals surface area contributed by atoms with E-state index in [0.29, 0.717) is 12.8 Å². The maximum atomic E-state index is 11.3. The van der Waals surface area contributed by atoms with Gasteiger partial charge in [-0.2, -0.15) is 0 Å². The zero-order chi connectivity index (χ0) is 26.9. The molecule has 4 N–H and O–H groups in total. The van der Waals surface area contributed by atoms with Gasteiger partial charge in [0.15, 0.2) is 0 Å². The molecule has 6 unspecified atom stereocenters. The number of carboxylic acids is 2. The van der Waals surface area contributed by atoms with Crippen LogP contribution in [0.3, 0.4) is 0 Å². The number of aliphatic hydroxyl groups excluding tert-OH is 2. The predicted octanol–water partition coefficient (Wildman–Crippen LogP) is 6.44. The molecular formula is C30H52O6. The molecule has 0 aliphatic heterocycles. The quantitative estimate of drug-likeness (QED) is 0.159. The monoisotopic (exact) mass is 508 g/mol. The number of unbranched alkanes of at least 4 members (excludes halogenated alkanes) is 2. The molecule has 2 aliphatic rings. The summed E-state index contributed by atoms with van der Waals surface area (Å²) in [6.07, 6.45) is 16.6. The average molecular weight is 509 g/mol. The average Bonchev–Trinajstić information content (AvgIpc) is 2.81. The second-order valence-corrected chi connectivity index (χ2v) is 12.9. The summed E-state index contributed by atoms with van der Waals surface area (Å²) in [4.78, 5) is 22.6. The van der Waals surface area contributed by atoms with Crippen molar-refractivity contribution in [1.82, 2.24) is 0 Å². The van der Waals surface area contributed by atoms with E-state index >= 15 is 0 Å². The van der Waals surface area contributed by atoms with Gasteiger partial charge in [-0.25, -0.2) is 0 Å². The lowest BCUT2D eigenvalue weighted by Crippen LogP contribution is -2.34. The van der Waals surface area contributed by atoms with Gasteiger partial charge in [0.2, 0.25) is 0 Å². The Balaban J connectivity index is 1.79. The lowest BCUT2D eigenvalue weighted by Gasteiger charge is -2.36. The van der Waals surface area contributed by atoms with E-state index < -0.39 is 22.8 Å². The number of rotatable bonds is 14. The van der Waals surface area contributed by atoms with Gasteiger partial charge in [-0.05, 0) is 90.9 Å². The van der Waals surface area contributed by atoms with Crippen LogP contribution < -0.4 is 0 Å². The van der Waals surface area contributed by atoms with Crippen molar-refractivity contribution < 1.29 is 30.0 Å². The standard InChI is InChI=1S/C30H52O6/c1-29(2,27(33)34)19-7-5-11-21-13-9-15-23(25(21)31)17-18-24-16-10-14-22(26(24)32)12-6-8-20-30(3,4)28(35)36/h17-18,21-26,31-32H,5-16,19-20H2,1-4H3,(H,33,34)(H,35,36)/b18-17-. The van der Waals surface area contributed by atoms with Gasteiger partial charge in [-0.15, -0.1) is 0 Å². The molecular weight excluding hydrogens is 456 g/mol. The van der Waals surface area contributed by atoms with Crippen LogP contribution in [0.1, 0.15) is 118 Å². The van der Waals surface area contributed by atoms with Gasteiger partial charge in [0, 0.05) is 11.8 Å².